The van der Waals surface area contributed by atoms with Gasteiger partial charge in [-0.05, 0) is 37.1 Å². The Bertz CT molecular complexity index is 625. The summed E-state index contributed by atoms with van der Waals surface area (Å²) in [6.07, 6.45) is 3.19. The third-order valence-corrected chi connectivity index (χ3v) is 3.39. The quantitative estimate of drug-likeness (QED) is 0.862. The van der Waals surface area contributed by atoms with Gasteiger partial charge >= 0.3 is 0 Å². The molecule has 1 amide bonds. The van der Waals surface area contributed by atoms with Crippen molar-refractivity contribution in [2.45, 2.75) is 19.8 Å². The number of hydrogen-bond donors (Lipinski definition) is 1. The number of aromatic nitrogens is 1. The van der Waals surface area contributed by atoms with Crippen LogP contribution >= 0.6 is 0 Å². The second kappa shape index (κ2) is 5.33. The second-order valence-electron chi connectivity index (χ2n) is 5.02. The van der Waals surface area contributed by atoms with Gasteiger partial charge in [-0.2, -0.15) is 0 Å². The Balaban J connectivity index is 2.08. The molecule has 0 saturated heterocycles. The first-order chi connectivity index (χ1) is 9.74. The first-order valence-corrected chi connectivity index (χ1v) is 6.83. The number of carbonyl (C=O) groups is 1. The molecule has 0 fully saturated rings. The summed E-state index contributed by atoms with van der Waals surface area (Å²) in [7, 11) is 0. The van der Waals surface area contributed by atoms with Crippen molar-refractivity contribution < 1.29 is 4.79 Å². The fourth-order valence-electron chi connectivity index (χ4n) is 2.44. The molecule has 0 aliphatic carbocycles. The molecule has 3 rings (SSSR count). The number of aryl methyl sites for hydroxylation is 1. The lowest BCUT2D eigenvalue weighted by Gasteiger charge is -2.28. The van der Waals surface area contributed by atoms with Gasteiger partial charge in [0.05, 0.1) is 5.69 Å². The topological polar surface area (TPSA) is 45.2 Å². The number of nitrogens with one attached hydrogen (secondary N) is 1. The van der Waals surface area contributed by atoms with Crippen LogP contribution in [0.3, 0.4) is 0 Å². The minimum atomic E-state index is 0.0614. The van der Waals surface area contributed by atoms with Crippen molar-refractivity contribution in [1.82, 2.24) is 4.98 Å². The Hall–Kier alpha value is -2.36. The number of benzene rings is 1. The van der Waals surface area contributed by atoms with Crippen LogP contribution in [-0.4, -0.2) is 17.4 Å². The number of anilines is 3. The molecule has 1 aromatic heterocycles. The third kappa shape index (κ3) is 2.50. The van der Waals surface area contributed by atoms with E-state index in [2.05, 4.69) is 27.3 Å². The molecular weight excluding hydrogens is 250 g/mol. The first-order valence-electron chi connectivity index (χ1n) is 6.83. The van der Waals surface area contributed by atoms with Crippen LogP contribution < -0.4 is 10.2 Å². The highest BCUT2D eigenvalue weighted by Gasteiger charge is 2.19. The Kier molecular flexibility index (Phi) is 3.37. The fraction of sp³-hybridized carbons (Fsp3) is 0.250. The van der Waals surface area contributed by atoms with Crippen LogP contribution in [0.15, 0.2) is 42.6 Å². The van der Waals surface area contributed by atoms with Gasteiger partial charge in [0.25, 0.3) is 0 Å². The van der Waals surface area contributed by atoms with Gasteiger partial charge < -0.3 is 10.2 Å². The molecule has 0 saturated carbocycles. The fourth-order valence-corrected chi connectivity index (χ4v) is 2.44. The Morgan fingerprint density at radius 1 is 1.25 bits per heavy atom. The van der Waals surface area contributed by atoms with Crippen molar-refractivity contribution in [1.29, 1.82) is 0 Å². The molecule has 0 radical (unpaired) electrons. The molecule has 1 aromatic carbocycles. The zero-order valence-corrected chi connectivity index (χ0v) is 11.5. The highest BCUT2D eigenvalue weighted by atomic mass is 16.1. The van der Waals surface area contributed by atoms with Crippen molar-refractivity contribution in [3.8, 4) is 0 Å². The van der Waals surface area contributed by atoms with Crippen LogP contribution in [0, 0.1) is 6.92 Å². The van der Waals surface area contributed by atoms with Crippen LogP contribution in [0.25, 0.3) is 0 Å². The average Bonchev–Trinajstić information content (AvgIpc) is 2.44. The van der Waals surface area contributed by atoms with E-state index >= 15 is 0 Å². The number of rotatable bonds is 1. The van der Waals surface area contributed by atoms with Crippen molar-refractivity contribution >= 4 is 23.1 Å². The second-order valence-corrected chi connectivity index (χ2v) is 5.02. The maximum absolute atomic E-state index is 11.8. The van der Waals surface area contributed by atoms with Gasteiger partial charge in [0.15, 0.2) is 5.82 Å². The summed E-state index contributed by atoms with van der Waals surface area (Å²) in [5.74, 6) is 0.876. The molecule has 0 spiro atoms. The summed E-state index contributed by atoms with van der Waals surface area (Å²) in [5.41, 5.74) is 2.93. The van der Waals surface area contributed by atoms with E-state index in [1.54, 1.807) is 0 Å². The van der Waals surface area contributed by atoms with Crippen molar-refractivity contribution in [2.24, 2.45) is 0 Å². The minimum Gasteiger partial charge on any atom is -0.325 e. The van der Waals surface area contributed by atoms with Gasteiger partial charge in [0, 0.05) is 24.8 Å². The van der Waals surface area contributed by atoms with Crippen LogP contribution in [0.2, 0.25) is 0 Å². The highest BCUT2D eigenvalue weighted by Crippen LogP contribution is 2.32. The van der Waals surface area contributed by atoms with E-state index in [1.165, 1.54) is 0 Å². The predicted molar refractivity (Wildman–Crippen MR) is 80.3 cm³/mol. The average molecular weight is 267 g/mol. The standard InChI is InChI=1S/C16H17N3O/c1-12-10-14-16(17-11-12)19(9-5-8-15(20)18-14)13-6-3-2-4-7-13/h2-4,6-7,10-11H,5,8-9H2,1H3,(H,18,20). The van der Waals surface area contributed by atoms with E-state index in [9.17, 15) is 4.79 Å². The van der Waals surface area contributed by atoms with Crippen molar-refractivity contribution in [3.63, 3.8) is 0 Å². The highest BCUT2D eigenvalue weighted by molar-refractivity contribution is 5.95. The zero-order valence-electron chi connectivity index (χ0n) is 11.5. The Morgan fingerprint density at radius 2 is 2.05 bits per heavy atom. The molecule has 2 aromatic rings. The predicted octanol–water partition coefficient (Wildman–Crippen LogP) is 3.26. The normalized spacial score (nSPS) is 15.1. The number of fused-ring (bicyclic) bond motifs is 1. The Morgan fingerprint density at radius 3 is 2.85 bits per heavy atom. The molecule has 102 valence electrons. The number of pyridine rings is 1. The molecule has 2 heterocycles. The number of para-hydroxylation sites is 1. The molecule has 20 heavy (non-hydrogen) atoms. The van der Waals surface area contributed by atoms with E-state index in [0.717, 1.165) is 35.7 Å². The lowest BCUT2D eigenvalue weighted by atomic mass is 10.1. The van der Waals surface area contributed by atoms with Gasteiger partial charge in [-0.1, -0.05) is 18.2 Å². The molecule has 0 bridgehead atoms. The van der Waals surface area contributed by atoms with Gasteiger partial charge in [0.1, 0.15) is 0 Å². The lowest BCUT2D eigenvalue weighted by molar-refractivity contribution is -0.116. The molecule has 0 unspecified atom stereocenters. The number of hydrogen-bond acceptors (Lipinski definition) is 3. The SMILES string of the molecule is Cc1cnc2c(c1)NC(=O)CCCN2c1ccccc1. The van der Waals surface area contributed by atoms with Crippen LogP contribution in [0.5, 0.6) is 0 Å². The number of amides is 1. The van der Waals surface area contributed by atoms with E-state index in [4.69, 9.17) is 0 Å². The van der Waals surface area contributed by atoms with Gasteiger partial charge in [-0.25, -0.2) is 4.98 Å². The molecule has 1 aliphatic rings. The van der Waals surface area contributed by atoms with Gasteiger partial charge in [-0.15, -0.1) is 0 Å². The van der Waals surface area contributed by atoms with Gasteiger partial charge in [0.2, 0.25) is 5.91 Å². The lowest BCUT2D eigenvalue weighted by Crippen LogP contribution is -2.26. The summed E-state index contributed by atoms with van der Waals surface area (Å²) in [6, 6.07) is 12.1. The van der Waals surface area contributed by atoms with E-state index in [0.29, 0.717) is 6.42 Å². The maximum atomic E-state index is 11.8. The molecule has 1 N–H and O–H groups in total. The monoisotopic (exact) mass is 267 g/mol. The van der Waals surface area contributed by atoms with Crippen molar-refractivity contribution in [3.05, 3.63) is 48.2 Å². The largest absolute Gasteiger partial charge is 0.325 e. The molecule has 4 heteroatoms. The first kappa shape index (κ1) is 12.7. The van der Waals surface area contributed by atoms with Crippen molar-refractivity contribution in [2.75, 3.05) is 16.8 Å². The molecule has 4 nitrogen and oxygen atoms in total. The summed E-state index contributed by atoms with van der Waals surface area (Å²) in [6.45, 7) is 2.77. The van der Waals surface area contributed by atoms with Gasteiger partial charge in [-0.3, -0.25) is 4.79 Å². The van der Waals surface area contributed by atoms with E-state index < -0.39 is 0 Å². The van der Waals surface area contributed by atoms with Crippen LogP contribution in [-0.2, 0) is 4.79 Å². The number of carbonyl (C=O) groups excluding carboxylic acids is 1. The molecular formula is C16H17N3O. The summed E-state index contributed by atoms with van der Waals surface area (Å²) < 4.78 is 0. The summed E-state index contributed by atoms with van der Waals surface area (Å²) in [4.78, 5) is 18.5. The molecule has 1 aliphatic heterocycles. The Labute approximate surface area is 118 Å². The minimum absolute atomic E-state index is 0.0614. The number of nitrogens with zero attached hydrogens (tertiary/aromatic N) is 2. The molecule has 0 atom stereocenters. The maximum Gasteiger partial charge on any atom is 0.224 e. The smallest absolute Gasteiger partial charge is 0.224 e. The van der Waals surface area contributed by atoms with E-state index in [-0.39, 0.29) is 5.91 Å². The van der Waals surface area contributed by atoms with Crippen LogP contribution in [0.1, 0.15) is 18.4 Å². The summed E-state index contributed by atoms with van der Waals surface area (Å²) in [5, 5.41) is 2.96. The van der Waals surface area contributed by atoms with Crippen LogP contribution in [0.4, 0.5) is 17.2 Å². The summed E-state index contributed by atoms with van der Waals surface area (Å²) >= 11 is 0. The van der Waals surface area contributed by atoms with E-state index in [1.807, 2.05) is 37.4 Å². The third-order valence-electron chi connectivity index (χ3n) is 3.39. The zero-order chi connectivity index (χ0) is 13.9.